The van der Waals surface area contributed by atoms with Crippen molar-refractivity contribution in [2.75, 3.05) is 13.7 Å². The number of rotatable bonds is 8. The van der Waals surface area contributed by atoms with E-state index in [0.717, 1.165) is 29.7 Å². The highest BCUT2D eigenvalue weighted by molar-refractivity contribution is 5.92. The lowest BCUT2D eigenvalue weighted by atomic mass is 9.93. The molecule has 2 aromatic carbocycles. The van der Waals surface area contributed by atoms with Gasteiger partial charge in [0, 0.05) is 5.56 Å². The smallest absolute Gasteiger partial charge is 0.341 e. The molecule has 0 aromatic heterocycles. The van der Waals surface area contributed by atoms with Crippen LogP contribution < -0.4 is 14.8 Å². The first kappa shape index (κ1) is 18.8. The molecule has 0 heterocycles. The summed E-state index contributed by atoms with van der Waals surface area (Å²) in [5.41, 5.74) is 1.32. The van der Waals surface area contributed by atoms with Gasteiger partial charge in [-0.1, -0.05) is 30.3 Å². The van der Waals surface area contributed by atoms with Crippen LogP contribution in [0.5, 0.6) is 11.5 Å². The monoisotopic (exact) mass is 369 g/mol. The topological polar surface area (TPSA) is 84.9 Å². The predicted molar refractivity (Wildman–Crippen MR) is 100 cm³/mol. The van der Waals surface area contributed by atoms with E-state index in [1.807, 2.05) is 43.3 Å². The Morgan fingerprint density at radius 2 is 1.81 bits per heavy atom. The maximum absolute atomic E-state index is 13.0. The molecule has 1 aliphatic carbocycles. The highest BCUT2D eigenvalue weighted by atomic mass is 16.5. The van der Waals surface area contributed by atoms with Crippen LogP contribution in [0, 0.1) is 0 Å². The molecule has 1 amide bonds. The van der Waals surface area contributed by atoms with Gasteiger partial charge in [-0.25, -0.2) is 4.79 Å². The molecule has 0 saturated heterocycles. The molecule has 2 N–H and O–H groups in total. The molecule has 0 radical (unpaired) electrons. The van der Waals surface area contributed by atoms with Gasteiger partial charge in [-0.05, 0) is 43.5 Å². The number of para-hydroxylation sites is 1. The number of carbonyl (C=O) groups excluding carboxylic acids is 1. The van der Waals surface area contributed by atoms with Gasteiger partial charge in [0.15, 0.2) is 6.61 Å². The summed E-state index contributed by atoms with van der Waals surface area (Å²) in [6.07, 6.45) is 1.60. The number of benzene rings is 2. The number of carboxylic acids is 1. The SMILES string of the molecule is COc1ccccc1C1(C(=O)NC(C)c2ccc(OCC(=O)O)cc2)CC1. The van der Waals surface area contributed by atoms with Crippen molar-refractivity contribution in [3.05, 3.63) is 59.7 Å². The summed E-state index contributed by atoms with van der Waals surface area (Å²) in [7, 11) is 1.61. The van der Waals surface area contributed by atoms with Gasteiger partial charge in [0.05, 0.1) is 18.6 Å². The standard InChI is InChI=1S/C21H23NO5/c1-14(15-7-9-16(10-8-15)27-13-19(23)24)22-20(25)21(11-12-21)17-5-3-4-6-18(17)26-2/h3-10,14H,11-13H2,1-2H3,(H,22,25)(H,23,24). The quantitative estimate of drug-likeness (QED) is 0.747. The number of amides is 1. The summed E-state index contributed by atoms with van der Waals surface area (Å²) in [6.45, 7) is 1.54. The van der Waals surface area contributed by atoms with E-state index in [9.17, 15) is 9.59 Å². The van der Waals surface area contributed by atoms with Crippen LogP contribution >= 0.6 is 0 Å². The molecular formula is C21H23NO5. The van der Waals surface area contributed by atoms with Crippen LogP contribution in [-0.2, 0) is 15.0 Å². The molecule has 6 nitrogen and oxygen atoms in total. The van der Waals surface area contributed by atoms with Gasteiger partial charge in [-0.3, -0.25) is 4.79 Å². The van der Waals surface area contributed by atoms with E-state index in [2.05, 4.69) is 5.32 Å². The molecule has 0 bridgehead atoms. The minimum atomic E-state index is -1.02. The van der Waals surface area contributed by atoms with Gasteiger partial charge in [0.25, 0.3) is 0 Å². The summed E-state index contributed by atoms with van der Waals surface area (Å²) in [5, 5.41) is 11.7. The molecule has 1 aliphatic rings. The third-order valence-corrected chi connectivity index (χ3v) is 4.90. The number of hydrogen-bond donors (Lipinski definition) is 2. The number of ether oxygens (including phenoxy) is 2. The molecule has 0 spiro atoms. The first-order chi connectivity index (χ1) is 13.0. The summed E-state index contributed by atoms with van der Waals surface area (Å²) in [5.74, 6) is 0.182. The molecule has 27 heavy (non-hydrogen) atoms. The number of nitrogens with one attached hydrogen (secondary N) is 1. The lowest BCUT2D eigenvalue weighted by Crippen LogP contribution is -2.36. The maximum atomic E-state index is 13.0. The second-order valence-corrected chi connectivity index (χ2v) is 6.73. The molecule has 1 unspecified atom stereocenters. The third kappa shape index (κ3) is 4.05. The van der Waals surface area contributed by atoms with Crippen LogP contribution in [0.2, 0.25) is 0 Å². The lowest BCUT2D eigenvalue weighted by Gasteiger charge is -2.22. The number of methoxy groups -OCH3 is 1. The van der Waals surface area contributed by atoms with E-state index in [0.29, 0.717) is 5.75 Å². The van der Waals surface area contributed by atoms with Crippen molar-refractivity contribution in [2.24, 2.45) is 0 Å². The summed E-state index contributed by atoms with van der Waals surface area (Å²) < 4.78 is 10.6. The predicted octanol–water partition coefficient (Wildman–Crippen LogP) is 3.07. The average Bonchev–Trinajstić information content (AvgIpc) is 3.48. The van der Waals surface area contributed by atoms with Crippen molar-refractivity contribution < 1.29 is 24.2 Å². The van der Waals surface area contributed by atoms with Crippen molar-refractivity contribution in [1.29, 1.82) is 0 Å². The van der Waals surface area contributed by atoms with E-state index in [1.54, 1.807) is 19.2 Å². The number of aliphatic carboxylic acids is 1. The van der Waals surface area contributed by atoms with E-state index in [1.165, 1.54) is 0 Å². The fraction of sp³-hybridized carbons (Fsp3) is 0.333. The van der Waals surface area contributed by atoms with E-state index in [4.69, 9.17) is 14.6 Å². The second kappa shape index (κ2) is 7.70. The summed E-state index contributed by atoms with van der Waals surface area (Å²) in [6, 6.07) is 14.5. The van der Waals surface area contributed by atoms with Gasteiger partial charge >= 0.3 is 5.97 Å². The molecule has 1 saturated carbocycles. The largest absolute Gasteiger partial charge is 0.496 e. The van der Waals surface area contributed by atoms with E-state index >= 15 is 0 Å². The van der Waals surface area contributed by atoms with Crippen molar-refractivity contribution in [2.45, 2.75) is 31.2 Å². The Kier molecular flexibility index (Phi) is 5.35. The van der Waals surface area contributed by atoms with Crippen molar-refractivity contribution in [1.82, 2.24) is 5.32 Å². The summed E-state index contributed by atoms with van der Waals surface area (Å²) in [4.78, 5) is 23.5. The normalized spacial score (nSPS) is 15.5. The zero-order valence-corrected chi connectivity index (χ0v) is 15.4. The molecular weight excluding hydrogens is 346 g/mol. The van der Waals surface area contributed by atoms with Crippen LogP contribution in [0.25, 0.3) is 0 Å². The van der Waals surface area contributed by atoms with Gasteiger partial charge in [0.1, 0.15) is 11.5 Å². The molecule has 3 rings (SSSR count). The maximum Gasteiger partial charge on any atom is 0.341 e. The molecule has 1 fully saturated rings. The lowest BCUT2D eigenvalue weighted by molar-refractivity contribution is -0.139. The fourth-order valence-electron chi connectivity index (χ4n) is 3.20. The van der Waals surface area contributed by atoms with Crippen molar-refractivity contribution >= 4 is 11.9 Å². The van der Waals surface area contributed by atoms with Crippen LogP contribution in [0.4, 0.5) is 0 Å². The zero-order valence-electron chi connectivity index (χ0n) is 15.4. The van der Waals surface area contributed by atoms with E-state index < -0.39 is 11.4 Å². The van der Waals surface area contributed by atoms with Gasteiger partial charge in [0.2, 0.25) is 5.91 Å². The van der Waals surface area contributed by atoms with Crippen molar-refractivity contribution in [3.8, 4) is 11.5 Å². The Balaban J connectivity index is 1.68. The first-order valence-corrected chi connectivity index (χ1v) is 8.85. The Morgan fingerprint density at radius 1 is 1.15 bits per heavy atom. The molecule has 2 aromatic rings. The Bertz CT molecular complexity index is 827. The molecule has 6 heteroatoms. The van der Waals surface area contributed by atoms with E-state index in [-0.39, 0.29) is 18.6 Å². The van der Waals surface area contributed by atoms with Crippen LogP contribution in [-0.4, -0.2) is 30.7 Å². The van der Waals surface area contributed by atoms with Gasteiger partial charge < -0.3 is 19.9 Å². The molecule has 0 aliphatic heterocycles. The fourth-order valence-corrected chi connectivity index (χ4v) is 3.20. The average molecular weight is 369 g/mol. The number of carbonyl (C=O) groups is 2. The highest BCUT2D eigenvalue weighted by Gasteiger charge is 2.53. The van der Waals surface area contributed by atoms with Gasteiger partial charge in [-0.15, -0.1) is 0 Å². The third-order valence-electron chi connectivity index (χ3n) is 4.90. The van der Waals surface area contributed by atoms with Crippen LogP contribution in [0.1, 0.15) is 36.9 Å². The van der Waals surface area contributed by atoms with Crippen molar-refractivity contribution in [3.63, 3.8) is 0 Å². The minimum absolute atomic E-state index is 0.00861. The summed E-state index contributed by atoms with van der Waals surface area (Å²) >= 11 is 0. The first-order valence-electron chi connectivity index (χ1n) is 8.85. The van der Waals surface area contributed by atoms with Crippen LogP contribution in [0.15, 0.2) is 48.5 Å². The Hall–Kier alpha value is -3.02. The second-order valence-electron chi connectivity index (χ2n) is 6.73. The Morgan fingerprint density at radius 3 is 2.41 bits per heavy atom. The highest BCUT2D eigenvalue weighted by Crippen LogP contribution is 2.51. The zero-order chi connectivity index (χ0) is 19.4. The molecule has 1 atom stereocenters. The Labute approximate surface area is 158 Å². The minimum Gasteiger partial charge on any atom is -0.496 e. The molecule has 142 valence electrons. The number of carboxylic acid groups (broad SMARTS) is 1. The number of hydrogen-bond acceptors (Lipinski definition) is 4. The van der Waals surface area contributed by atoms with Gasteiger partial charge in [-0.2, -0.15) is 0 Å². The van der Waals surface area contributed by atoms with Crippen LogP contribution in [0.3, 0.4) is 0 Å².